The molecule has 0 amide bonds. The smallest absolute Gasteiger partial charge is 0.140 e. The van der Waals surface area contributed by atoms with E-state index in [9.17, 15) is 0 Å². The Morgan fingerprint density at radius 3 is 2.89 bits per heavy atom. The largest absolute Gasteiger partial charge is 0.397 e. The first-order chi connectivity index (χ1) is 8.66. The number of nitrogens with two attached hydrogens (primary N) is 1. The predicted octanol–water partition coefficient (Wildman–Crippen LogP) is 2.20. The molecule has 1 rings (SSSR count). The van der Waals surface area contributed by atoms with Gasteiger partial charge in [-0.2, -0.15) is 0 Å². The zero-order valence-electron chi connectivity index (χ0n) is 10.8. The van der Waals surface area contributed by atoms with E-state index in [0.717, 1.165) is 28.8 Å². The highest BCUT2D eigenvalue weighted by molar-refractivity contribution is 9.10. The summed E-state index contributed by atoms with van der Waals surface area (Å²) in [7, 11) is 1.66. The van der Waals surface area contributed by atoms with Gasteiger partial charge in [0.05, 0.1) is 29.6 Å². The number of nitrogens with zero attached hydrogens (tertiary/aromatic N) is 1. The van der Waals surface area contributed by atoms with E-state index in [2.05, 4.69) is 26.2 Å². The lowest BCUT2D eigenvalue weighted by Crippen LogP contribution is -2.10. The van der Waals surface area contributed by atoms with E-state index in [0.29, 0.717) is 25.5 Å². The van der Waals surface area contributed by atoms with Gasteiger partial charge in [-0.3, -0.25) is 0 Å². The molecule has 0 fully saturated rings. The van der Waals surface area contributed by atoms with Crippen molar-refractivity contribution in [3.63, 3.8) is 0 Å². The Morgan fingerprint density at radius 2 is 2.17 bits per heavy atom. The Balaban J connectivity index is 2.25. The second-order valence-electron chi connectivity index (χ2n) is 3.89. The van der Waals surface area contributed by atoms with Crippen LogP contribution in [0.1, 0.15) is 12.0 Å². The SMILES string of the molecule is COCCOCCCNc1ncc(N)c(C)c1Br. The Labute approximate surface area is 116 Å². The van der Waals surface area contributed by atoms with Crippen molar-refractivity contribution in [2.45, 2.75) is 13.3 Å². The van der Waals surface area contributed by atoms with Gasteiger partial charge in [0, 0.05) is 20.3 Å². The first kappa shape index (κ1) is 15.2. The van der Waals surface area contributed by atoms with Crippen LogP contribution in [0.2, 0.25) is 0 Å². The lowest BCUT2D eigenvalue weighted by atomic mass is 10.2. The fraction of sp³-hybridized carbons (Fsp3) is 0.583. The van der Waals surface area contributed by atoms with Gasteiger partial charge in [-0.15, -0.1) is 0 Å². The van der Waals surface area contributed by atoms with Gasteiger partial charge in [-0.25, -0.2) is 4.98 Å². The number of ether oxygens (including phenoxy) is 2. The first-order valence-electron chi connectivity index (χ1n) is 5.88. The normalized spacial score (nSPS) is 10.6. The molecular formula is C12H20BrN3O2. The second kappa shape index (κ2) is 8.29. The number of methoxy groups -OCH3 is 1. The van der Waals surface area contributed by atoms with Crippen molar-refractivity contribution >= 4 is 27.4 Å². The molecule has 3 N–H and O–H groups in total. The highest BCUT2D eigenvalue weighted by Crippen LogP contribution is 2.27. The molecule has 1 heterocycles. The van der Waals surface area contributed by atoms with Crippen LogP contribution in [0.25, 0.3) is 0 Å². The Bertz CT molecular complexity index is 375. The number of pyridine rings is 1. The van der Waals surface area contributed by atoms with Gasteiger partial charge in [0.2, 0.25) is 0 Å². The van der Waals surface area contributed by atoms with Gasteiger partial charge in [0.1, 0.15) is 5.82 Å². The van der Waals surface area contributed by atoms with E-state index in [1.807, 2.05) is 6.92 Å². The van der Waals surface area contributed by atoms with Crippen LogP contribution in [0.3, 0.4) is 0 Å². The lowest BCUT2D eigenvalue weighted by Gasteiger charge is -2.10. The van der Waals surface area contributed by atoms with Gasteiger partial charge in [-0.05, 0) is 34.8 Å². The van der Waals surface area contributed by atoms with Gasteiger partial charge in [0.15, 0.2) is 0 Å². The van der Waals surface area contributed by atoms with E-state index < -0.39 is 0 Å². The molecule has 0 saturated carbocycles. The highest BCUT2D eigenvalue weighted by Gasteiger charge is 2.06. The van der Waals surface area contributed by atoms with Gasteiger partial charge in [0.25, 0.3) is 0 Å². The van der Waals surface area contributed by atoms with E-state index in [1.165, 1.54) is 0 Å². The Hall–Kier alpha value is -0.850. The van der Waals surface area contributed by atoms with Crippen LogP contribution in [0.5, 0.6) is 0 Å². The monoisotopic (exact) mass is 317 g/mol. The molecule has 0 unspecified atom stereocenters. The molecular weight excluding hydrogens is 298 g/mol. The fourth-order valence-electron chi connectivity index (χ4n) is 1.34. The summed E-state index contributed by atoms with van der Waals surface area (Å²) in [6.07, 6.45) is 2.58. The zero-order chi connectivity index (χ0) is 13.4. The number of halogens is 1. The lowest BCUT2D eigenvalue weighted by molar-refractivity contribution is 0.0705. The van der Waals surface area contributed by atoms with Crippen molar-refractivity contribution in [2.24, 2.45) is 0 Å². The van der Waals surface area contributed by atoms with Crippen LogP contribution in [-0.4, -0.2) is 38.5 Å². The summed E-state index contributed by atoms with van der Waals surface area (Å²) in [5.74, 6) is 0.818. The molecule has 0 aliphatic carbocycles. The number of aromatic nitrogens is 1. The third-order valence-corrected chi connectivity index (χ3v) is 3.46. The third kappa shape index (κ3) is 4.80. The molecule has 0 spiro atoms. The van der Waals surface area contributed by atoms with Crippen molar-refractivity contribution in [1.82, 2.24) is 4.98 Å². The molecule has 102 valence electrons. The maximum absolute atomic E-state index is 5.76. The number of nitrogen functional groups attached to an aromatic ring is 1. The molecule has 18 heavy (non-hydrogen) atoms. The number of nitrogens with one attached hydrogen (secondary N) is 1. The molecule has 0 atom stereocenters. The summed E-state index contributed by atoms with van der Waals surface area (Å²) in [6.45, 7) is 4.75. The maximum atomic E-state index is 5.76. The minimum Gasteiger partial charge on any atom is -0.397 e. The third-order valence-electron chi connectivity index (χ3n) is 2.49. The molecule has 0 radical (unpaired) electrons. The van der Waals surface area contributed by atoms with E-state index in [-0.39, 0.29) is 0 Å². The summed E-state index contributed by atoms with van der Waals surface area (Å²) in [4.78, 5) is 4.24. The standard InChI is InChI=1S/C12H20BrN3O2/c1-9-10(14)8-16-12(11(9)13)15-4-3-5-18-7-6-17-2/h8H,3-7,14H2,1-2H3,(H,15,16). The number of rotatable bonds is 8. The molecule has 0 bridgehead atoms. The molecule has 0 aliphatic rings. The topological polar surface area (TPSA) is 69.4 Å². The number of hydrogen-bond acceptors (Lipinski definition) is 5. The Kier molecular flexibility index (Phi) is 7.00. The minimum absolute atomic E-state index is 0.637. The van der Waals surface area contributed by atoms with E-state index in [4.69, 9.17) is 15.2 Å². The van der Waals surface area contributed by atoms with Gasteiger partial charge >= 0.3 is 0 Å². The summed E-state index contributed by atoms with van der Waals surface area (Å²) >= 11 is 3.48. The molecule has 0 aliphatic heterocycles. The van der Waals surface area contributed by atoms with Crippen molar-refractivity contribution in [3.8, 4) is 0 Å². The average molecular weight is 318 g/mol. The summed E-state index contributed by atoms with van der Waals surface area (Å²) in [6, 6.07) is 0. The van der Waals surface area contributed by atoms with Crippen molar-refractivity contribution < 1.29 is 9.47 Å². The number of hydrogen-bond donors (Lipinski definition) is 2. The summed E-state index contributed by atoms with van der Waals surface area (Å²) < 4.78 is 11.2. The second-order valence-corrected chi connectivity index (χ2v) is 4.68. The van der Waals surface area contributed by atoms with Crippen LogP contribution >= 0.6 is 15.9 Å². The van der Waals surface area contributed by atoms with Crippen LogP contribution in [0, 0.1) is 6.92 Å². The van der Waals surface area contributed by atoms with E-state index in [1.54, 1.807) is 13.3 Å². The molecule has 6 heteroatoms. The molecule has 1 aromatic rings. The van der Waals surface area contributed by atoms with Crippen LogP contribution < -0.4 is 11.1 Å². The summed E-state index contributed by atoms with van der Waals surface area (Å²) in [5, 5.41) is 3.25. The van der Waals surface area contributed by atoms with Crippen molar-refractivity contribution in [1.29, 1.82) is 0 Å². The molecule has 0 saturated heterocycles. The Morgan fingerprint density at radius 1 is 1.39 bits per heavy atom. The van der Waals surface area contributed by atoms with Gasteiger partial charge in [-0.1, -0.05) is 0 Å². The van der Waals surface area contributed by atoms with Crippen LogP contribution in [0.4, 0.5) is 11.5 Å². The van der Waals surface area contributed by atoms with Crippen LogP contribution in [0.15, 0.2) is 10.7 Å². The fourth-order valence-corrected chi connectivity index (χ4v) is 1.81. The summed E-state index contributed by atoms with van der Waals surface area (Å²) in [5.41, 5.74) is 7.45. The van der Waals surface area contributed by atoms with Gasteiger partial charge < -0.3 is 20.5 Å². The minimum atomic E-state index is 0.637. The van der Waals surface area contributed by atoms with Crippen LogP contribution in [-0.2, 0) is 9.47 Å². The maximum Gasteiger partial charge on any atom is 0.140 e. The molecule has 1 aromatic heterocycles. The highest BCUT2D eigenvalue weighted by atomic mass is 79.9. The predicted molar refractivity (Wildman–Crippen MR) is 76.9 cm³/mol. The zero-order valence-corrected chi connectivity index (χ0v) is 12.4. The average Bonchev–Trinajstić information content (AvgIpc) is 2.37. The van der Waals surface area contributed by atoms with Crippen molar-refractivity contribution in [3.05, 3.63) is 16.2 Å². The van der Waals surface area contributed by atoms with E-state index >= 15 is 0 Å². The number of anilines is 2. The first-order valence-corrected chi connectivity index (χ1v) is 6.67. The molecule has 0 aromatic carbocycles. The molecule has 5 nitrogen and oxygen atoms in total. The quantitative estimate of drug-likeness (QED) is 0.719. The van der Waals surface area contributed by atoms with Crippen molar-refractivity contribution in [2.75, 3.05) is 44.5 Å².